The van der Waals surface area contributed by atoms with Gasteiger partial charge in [-0.25, -0.2) is 4.79 Å². The summed E-state index contributed by atoms with van der Waals surface area (Å²) >= 11 is 0. The van der Waals surface area contributed by atoms with E-state index in [0.717, 1.165) is 19.3 Å². The summed E-state index contributed by atoms with van der Waals surface area (Å²) < 4.78 is 10.3. The van der Waals surface area contributed by atoms with E-state index in [1.807, 2.05) is 25.7 Å². The molecule has 2 aliphatic rings. The van der Waals surface area contributed by atoms with Crippen molar-refractivity contribution in [2.24, 2.45) is 5.41 Å². The van der Waals surface area contributed by atoms with Crippen molar-refractivity contribution < 1.29 is 18.8 Å². The molecule has 25 heavy (non-hydrogen) atoms. The van der Waals surface area contributed by atoms with Gasteiger partial charge in [0.1, 0.15) is 11.9 Å². The molecule has 0 bridgehead atoms. The van der Waals surface area contributed by atoms with Crippen molar-refractivity contribution in [3.63, 3.8) is 0 Å². The second-order valence-corrected chi connectivity index (χ2v) is 8.34. The number of ether oxygens (including phenoxy) is 1. The van der Waals surface area contributed by atoms with Crippen molar-refractivity contribution in [3.05, 3.63) is 18.0 Å². The van der Waals surface area contributed by atoms with Gasteiger partial charge in [-0.1, -0.05) is 5.16 Å². The first-order valence-electron chi connectivity index (χ1n) is 8.88. The third kappa shape index (κ3) is 3.80. The second kappa shape index (κ2) is 6.35. The smallest absolute Gasteiger partial charge is 0.410 e. The summed E-state index contributed by atoms with van der Waals surface area (Å²) in [7, 11) is 0. The van der Waals surface area contributed by atoms with E-state index in [0.29, 0.717) is 25.3 Å². The Morgan fingerprint density at radius 2 is 2.00 bits per heavy atom. The van der Waals surface area contributed by atoms with E-state index in [4.69, 9.17) is 9.26 Å². The van der Waals surface area contributed by atoms with Crippen LogP contribution in [0.2, 0.25) is 0 Å². The topological polar surface area (TPSA) is 75.9 Å². The van der Waals surface area contributed by atoms with Crippen LogP contribution < -0.4 is 0 Å². The minimum atomic E-state index is -0.477. The van der Waals surface area contributed by atoms with Gasteiger partial charge in [-0.05, 0) is 52.4 Å². The Hall–Kier alpha value is -2.05. The molecular formula is C18H27N3O4. The van der Waals surface area contributed by atoms with Gasteiger partial charge < -0.3 is 19.1 Å². The minimum Gasteiger partial charge on any atom is -0.444 e. The van der Waals surface area contributed by atoms with Crippen molar-refractivity contribution in [1.82, 2.24) is 15.0 Å². The van der Waals surface area contributed by atoms with Crippen molar-refractivity contribution in [3.8, 4) is 0 Å². The number of piperidine rings is 1. The van der Waals surface area contributed by atoms with Gasteiger partial charge in [0.2, 0.25) is 0 Å². The van der Waals surface area contributed by atoms with Crippen LogP contribution in [-0.4, -0.2) is 58.2 Å². The number of nitrogens with zero attached hydrogens (tertiary/aromatic N) is 3. The van der Waals surface area contributed by atoms with Crippen LogP contribution in [-0.2, 0) is 4.74 Å². The van der Waals surface area contributed by atoms with Gasteiger partial charge in [0.25, 0.3) is 5.91 Å². The lowest BCUT2D eigenvalue weighted by molar-refractivity contribution is 0.0108. The molecule has 7 nitrogen and oxygen atoms in total. The summed E-state index contributed by atoms with van der Waals surface area (Å²) in [6, 6.07) is 1.77. The largest absolute Gasteiger partial charge is 0.444 e. The Morgan fingerprint density at radius 3 is 2.56 bits per heavy atom. The number of aromatic nitrogens is 1. The molecule has 2 aliphatic heterocycles. The summed E-state index contributed by atoms with van der Waals surface area (Å²) in [6.07, 6.45) is 3.91. The Bertz CT molecular complexity index is 627. The van der Waals surface area contributed by atoms with E-state index in [2.05, 4.69) is 12.1 Å². The zero-order chi connectivity index (χ0) is 18.2. The number of hydrogen-bond acceptors (Lipinski definition) is 5. The molecule has 7 heteroatoms. The molecule has 3 heterocycles. The van der Waals surface area contributed by atoms with Crippen molar-refractivity contribution >= 4 is 12.0 Å². The van der Waals surface area contributed by atoms with Gasteiger partial charge in [-0.2, -0.15) is 0 Å². The predicted octanol–water partition coefficient (Wildman–Crippen LogP) is 2.93. The molecule has 1 atom stereocenters. The van der Waals surface area contributed by atoms with Crippen molar-refractivity contribution in [2.45, 2.75) is 58.6 Å². The second-order valence-electron chi connectivity index (χ2n) is 8.34. The monoisotopic (exact) mass is 349 g/mol. The maximum absolute atomic E-state index is 12.6. The first kappa shape index (κ1) is 17.8. The van der Waals surface area contributed by atoms with Crippen molar-refractivity contribution in [1.29, 1.82) is 0 Å². The van der Waals surface area contributed by atoms with Crippen molar-refractivity contribution in [2.75, 3.05) is 19.6 Å². The van der Waals surface area contributed by atoms with Crippen LogP contribution in [0.25, 0.3) is 0 Å². The molecule has 0 saturated carbocycles. The Kier molecular flexibility index (Phi) is 4.51. The van der Waals surface area contributed by atoms with Crippen LogP contribution in [0.4, 0.5) is 4.79 Å². The average molecular weight is 349 g/mol. The van der Waals surface area contributed by atoms with E-state index >= 15 is 0 Å². The fourth-order valence-corrected chi connectivity index (χ4v) is 3.91. The fourth-order valence-electron chi connectivity index (χ4n) is 3.91. The SMILES string of the molecule is CC1CC2(CCN(C(=O)OC(C)(C)C)CC2)CN1C(=O)c1ccon1. The number of carbonyl (C=O) groups is 2. The standard InChI is InChI=1S/C18H27N3O4/c1-13-11-18(12-21(13)15(22)14-5-10-24-19-14)6-8-20(9-7-18)16(23)25-17(2,3)4/h5,10,13H,6-9,11-12H2,1-4H3. The highest BCUT2D eigenvalue weighted by Gasteiger charge is 2.46. The minimum absolute atomic E-state index is 0.0762. The molecule has 1 aromatic rings. The zero-order valence-electron chi connectivity index (χ0n) is 15.4. The Morgan fingerprint density at radius 1 is 1.32 bits per heavy atom. The lowest BCUT2D eigenvalue weighted by Gasteiger charge is -2.39. The maximum Gasteiger partial charge on any atom is 0.410 e. The third-order valence-electron chi connectivity index (χ3n) is 5.16. The van der Waals surface area contributed by atoms with Crippen LogP contribution in [0, 0.1) is 5.41 Å². The molecule has 138 valence electrons. The highest BCUT2D eigenvalue weighted by atomic mass is 16.6. The highest BCUT2D eigenvalue weighted by molar-refractivity contribution is 5.92. The molecule has 0 aliphatic carbocycles. The molecular weight excluding hydrogens is 322 g/mol. The molecule has 0 radical (unpaired) electrons. The Balaban J connectivity index is 1.60. The molecule has 3 rings (SSSR count). The van der Waals surface area contributed by atoms with E-state index < -0.39 is 5.60 Å². The third-order valence-corrected chi connectivity index (χ3v) is 5.16. The van der Waals surface area contributed by atoms with Gasteiger partial charge in [0.05, 0.1) is 0 Å². The fraction of sp³-hybridized carbons (Fsp3) is 0.722. The lowest BCUT2D eigenvalue weighted by atomic mass is 9.77. The van der Waals surface area contributed by atoms with Crippen LogP contribution >= 0.6 is 0 Å². The number of hydrogen-bond donors (Lipinski definition) is 0. The molecule has 0 aromatic carbocycles. The first-order chi connectivity index (χ1) is 11.7. The van der Waals surface area contributed by atoms with E-state index in [1.165, 1.54) is 6.26 Å². The van der Waals surface area contributed by atoms with Gasteiger partial charge in [-0.3, -0.25) is 4.79 Å². The molecule has 2 fully saturated rings. The average Bonchev–Trinajstić information content (AvgIpc) is 3.14. The number of rotatable bonds is 1. The molecule has 1 aromatic heterocycles. The number of likely N-dealkylation sites (tertiary alicyclic amines) is 2. The van der Waals surface area contributed by atoms with E-state index in [9.17, 15) is 9.59 Å². The molecule has 2 saturated heterocycles. The molecule has 1 spiro atoms. The van der Waals surface area contributed by atoms with Gasteiger partial charge in [0, 0.05) is 31.7 Å². The summed E-state index contributed by atoms with van der Waals surface area (Å²) in [5.41, 5.74) is -0.0400. The van der Waals surface area contributed by atoms with Gasteiger partial charge >= 0.3 is 6.09 Å². The summed E-state index contributed by atoms with van der Waals surface area (Å²) in [5.74, 6) is -0.0762. The number of amides is 2. The van der Waals surface area contributed by atoms with Gasteiger partial charge in [0.15, 0.2) is 5.69 Å². The normalized spacial score (nSPS) is 23.1. The summed E-state index contributed by atoms with van der Waals surface area (Å²) in [6.45, 7) is 9.77. The lowest BCUT2D eigenvalue weighted by Crippen LogP contribution is -2.46. The van der Waals surface area contributed by atoms with Crippen LogP contribution in [0.5, 0.6) is 0 Å². The Labute approximate surface area is 148 Å². The highest BCUT2D eigenvalue weighted by Crippen LogP contribution is 2.43. The molecule has 1 unspecified atom stereocenters. The summed E-state index contributed by atoms with van der Waals surface area (Å²) in [5, 5.41) is 3.76. The van der Waals surface area contributed by atoms with Crippen LogP contribution in [0.3, 0.4) is 0 Å². The summed E-state index contributed by atoms with van der Waals surface area (Å²) in [4.78, 5) is 28.5. The van der Waals surface area contributed by atoms with Gasteiger partial charge in [-0.15, -0.1) is 0 Å². The predicted molar refractivity (Wildman–Crippen MR) is 91.1 cm³/mol. The molecule has 0 N–H and O–H groups in total. The van der Waals surface area contributed by atoms with Crippen LogP contribution in [0.15, 0.2) is 16.9 Å². The first-order valence-corrected chi connectivity index (χ1v) is 8.88. The number of carbonyl (C=O) groups excluding carboxylic acids is 2. The van der Waals surface area contributed by atoms with E-state index in [1.54, 1.807) is 11.0 Å². The van der Waals surface area contributed by atoms with Crippen LogP contribution in [0.1, 0.15) is 57.4 Å². The quantitative estimate of drug-likeness (QED) is 0.779. The maximum atomic E-state index is 12.6. The molecule has 2 amide bonds. The van der Waals surface area contributed by atoms with E-state index in [-0.39, 0.29) is 23.5 Å². The zero-order valence-corrected chi connectivity index (χ0v) is 15.4.